The number of amides is 1. The van der Waals surface area contributed by atoms with Crippen molar-refractivity contribution in [3.63, 3.8) is 0 Å². The summed E-state index contributed by atoms with van der Waals surface area (Å²) in [7, 11) is 0. The number of ether oxygens (including phenoxy) is 1. The Hall–Kier alpha value is -1.73. The van der Waals surface area contributed by atoms with Crippen molar-refractivity contribution in [2.45, 2.75) is 58.3 Å². The fourth-order valence-electron chi connectivity index (χ4n) is 4.06. The summed E-state index contributed by atoms with van der Waals surface area (Å²) in [6.45, 7) is 12.6. The molecule has 3 heterocycles. The molecule has 3 rings (SSSR count). The van der Waals surface area contributed by atoms with E-state index in [1.807, 2.05) is 6.07 Å². The maximum Gasteiger partial charge on any atom is 0.225 e. The third kappa shape index (κ3) is 5.17. The van der Waals surface area contributed by atoms with Crippen LogP contribution in [0.3, 0.4) is 0 Å². The summed E-state index contributed by atoms with van der Waals surface area (Å²) in [5.41, 5.74) is -0.0984. The van der Waals surface area contributed by atoms with Crippen LogP contribution in [0.1, 0.15) is 40.5 Å². The number of hydrogen-bond acceptors (Lipinski definition) is 6. The molecule has 7 nitrogen and oxygen atoms in total. The van der Waals surface area contributed by atoms with E-state index in [0.29, 0.717) is 19.0 Å². The Labute approximate surface area is 162 Å². The summed E-state index contributed by atoms with van der Waals surface area (Å²) in [6.07, 6.45) is 5.85. The molecule has 0 spiro atoms. The first-order valence-electron chi connectivity index (χ1n) is 10.1. The molecule has 2 aliphatic heterocycles. The highest BCUT2D eigenvalue weighted by Gasteiger charge is 2.34. The number of carbonyl (C=O) groups excluding carboxylic acids is 1. The lowest BCUT2D eigenvalue weighted by Gasteiger charge is -2.45. The van der Waals surface area contributed by atoms with E-state index in [1.54, 1.807) is 12.4 Å². The minimum Gasteiger partial charge on any atom is -0.373 e. The molecule has 1 aromatic rings. The Balaban J connectivity index is 1.53. The van der Waals surface area contributed by atoms with Gasteiger partial charge in [-0.25, -0.2) is 9.97 Å². The normalized spacial score (nSPS) is 27.4. The smallest absolute Gasteiger partial charge is 0.225 e. The van der Waals surface area contributed by atoms with Crippen molar-refractivity contribution < 1.29 is 9.53 Å². The molecule has 1 N–H and O–H groups in total. The molecule has 2 aliphatic rings. The topological polar surface area (TPSA) is 70.6 Å². The van der Waals surface area contributed by atoms with Gasteiger partial charge in [0.2, 0.25) is 11.9 Å². The first-order chi connectivity index (χ1) is 12.8. The second kappa shape index (κ2) is 8.52. The molecule has 0 radical (unpaired) electrons. The number of nitrogens with zero attached hydrogens (tertiary/aromatic N) is 4. The van der Waals surface area contributed by atoms with Gasteiger partial charge in [0.25, 0.3) is 0 Å². The molecule has 1 aromatic heterocycles. The lowest BCUT2D eigenvalue weighted by molar-refractivity contribution is -0.127. The van der Waals surface area contributed by atoms with E-state index in [0.717, 1.165) is 32.5 Å². The number of morpholine rings is 1. The zero-order chi connectivity index (χ0) is 19.4. The molecule has 0 bridgehead atoms. The third-order valence-electron chi connectivity index (χ3n) is 5.60. The Morgan fingerprint density at radius 1 is 1.22 bits per heavy atom. The van der Waals surface area contributed by atoms with Gasteiger partial charge in [-0.2, -0.15) is 0 Å². The summed E-state index contributed by atoms with van der Waals surface area (Å²) < 4.78 is 5.84. The molecule has 1 amide bonds. The van der Waals surface area contributed by atoms with Gasteiger partial charge >= 0.3 is 0 Å². The quantitative estimate of drug-likeness (QED) is 0.845. The van der Waals surface area contributed by atoms with Crippen molar-refractivity contribution in [3.05, 3.63) is 18.5 Å². The average Bonchev–Trinajstić information content (AvgIpc) is 2.66. The fourth-order valence-corrected chi connectivity index (χ4v) is 4.06. The maximum atomic E-state index is 12.8. The second-order valence-electron chi connectivity index (χ2n) is 8.53. The van der Waals surface area contributed by atoms with Gasteiger partial charge in [0.15, 0.2) is 0 Å². The molecule has 27 heavy (non-hydrogen) atoms. The van der Waals surface area contributed by atoms with Gasteiger partial charge in [-0.3, -0.25) is 9.69 Å². The second-order valence-corrected chi connectivity index (χ2v) is 8.53. The van der Waals surface area contributed by atoms with Crippen molar-refractivity contribution in [1.82, 2.24) is 20.2 Å². The van der Waals surface area contributed by atoms with Crippen molar-refractivity contribution in [3.8, 4) is 0 Å². The van der Waals surface area contributed by atoms with Crippen molar-refractivity contribution in [2.24, 2.45) is 5.92 Å². The van der Waals surface area contributed by atoms with Crippen LogP contribution in [0.4, 0.5) is 5.95 Å². The van der Waals surface area contributed by atoms with Gasteiger partial charge in [0, 0.05) is 50.7 Å². The van der Waals surface area contributed by atoms with E-state index in [1.165, 1.54) is 0 Å². The van der Waals surface area contributed by atoms with Gasteiger partial charge in [-0.1, -0.05) is 0 Å². The number of hydrogen-bond donors (Lipinski definition) is 1. The van der Waals surface area contributed by atoms with Crippen LogP contribution in [0.2, 0.25) is 0 Å². The van der Waals surface area contributed by atoms with Crippen molar-refractivity contribution in [1.29, 1.82) is 0 Å². The number of anilines is 1. The Bertz CT molecular complexity index is 614. The van der Waals surface area contributed by atoms with Gasteiger partial charge in [0.1, 0.15) is 0 Å². The van der Waals surface area contributed by atoms with E-state index < -0.39 is 0 Å². The highest BCUT2D eigenvalue weighted by Crippen LogP contribution is 2.22. The predicted molar refractivity (Wildman–Crippen MR) is 106 cm³/mol. The molecule has 0 unspecified atom stereocenters. The first kappa shape index (κ1) is 20.0. The van der Waals surface area contributed by atoms with E-state index >= 15 is 0 Å². The molecule has 7 heteroatoms. The minimum atomic E-state index is -0.0984. The summed E-state index contributed by atoms with van der Waals surface area (Å²) >= 11 is 0. The lowest BCUT2D eigenvalue weighted by Crippen LogP contribution is -2.59. The zero-order valence-electron chi connectivity index (χ0n) is 17.0. The molecular formula is C20H33N5O2. The molecule has 0 saturated carbocycles. The molecule has 150 valence electrons. The highest BCUT2D eigenvalue weighted by molar-refractivity contribution is 5.79. The summed E-state index contributed by atoms with van der Waals surface area (Å²) in [4.78, 5) is 26.0. The molecule has 3 atom stereocenters. The van der Waals surface area contributed by atoms with Crippen LogP contribution in [-0.2, 0) is 9.53 Å². The van der Waals surface area contributed by atoms with Crippen LogP contribution in [0.5, 0.6) is 0 Å². The predicted octanol–water partition coefficient (Wildman–Crippen LogP) is 1.70. The standard InChI is InChI=1S/C20H33N5O2/c1-15-11-25(12-16(2)27-15)20(3,4)14-23-18(26)17-7-5-10-24(13-17)19-21-8-6-9-22-19/h6,8-9,15-17H,5,7,10-14H2,1-4H3,(H,23,26)/t15-,16+,17-/m0/s1. The largest absolute Gasteiger partial charge is 0.373 e. The summed E-state index contributed by atoms with van der Waals surface area (Å²) in [6, 6.07) is 1.81. The van der Waals surface area contributed by atoms with Gasteiger partial charge in [-0.05, 0) is 46.6 Å². The van der Waals surface area contributed by atoms with Crippen LogP contribution >= 0.6 is 0 Å². The van der Waals surface area contributed by atoms with Crippen molar-refractivity contribution in [2.75, 3.05) is 37.6 Å². The van der Waals surface area contributed by atoms with E-state index in [2.05, 4.69) is 52.8 Å². The van der Waals surface area contributed by atoms with Gasteiger partial charge < -0.3 is 15.0 Å². The number of piperidine rings is 1. The number of rotatable bonds is 5. The highest BCUT2D eigenvalue weighted by atomic mass is 16.5. The van der Waals surface area contributed by atoms with Crippen molar-refractivity contribution >= 4 is 11.9 Å². The Kier molecular flexibility index (Phi) is 6.32. The summed E-state index contributed by atoms with van der Waals surface area (Å²) in [5.74, 6) is 0.838. The maximum absolute atomic E-state index is 12.8. The Morgan fingerprint density at radius 2 is 1.89 bits per heavy atom. The number of carbonyl (C=O) groups is 1. The lowest BCUT2D eigenvalue weighted by atomic mass is 9.96. The van der Waals surface area contributed by atoms with Crippen LogP contribution in [0.15, 0.2) is 18.5 Å². The number of aromatic nitrogens is 2. The van der Waals surface area contributed by atoms with E-state index in [9.17, 15) is 4.79 Å². The molecule has 2 fully saturated rings. The van der Waals surface area contributed by atoms with Crippen LogP contribution in [0.25, 0.3) is 0 Å². The summed E-state index contributed by atoms with van der Waals surface area (Å²) in [5, 5.41) is 3.20. The third-order valence-corrected chi connectivity index (χ3v) is 5.60. The molecular weight excluding hydrogens is 342 g/mol. The van der Waals surface area contributed by atoms with Gasteiger partial charge in [0.05, 0.1) is 18.1 Å². The average molecular weight is 376 g/mol. The molecule has 0 aliphatic carbocycles. The molecule has 2 saturated heterocycles. The van der Waals surface area contributed by atoms with Crippen LogP contribution in [0, 0.1) is 5.92 Å². The monoisotopic (exact) mass is 375 g/mol. The SMILES string of the molecule is C[C@@H]1CN(C(C)(C)CNC(=O)[C@H]2CCCN(c3ncccn3)C2)C[C@H](C)O1. The first-order valence-corrected chi connectivity index (χ1v) is 10.1. The fraction of sp³-hybridized carbons (Fsp3) is 0.750. The van der Waals surface area contributed by atoms with Crippen LogP contribution < -0.4 is 10.2 Å². The van der Waals surface area contributed by atoms with E-state index in [4.69, 9.17) is 4.74 Å². The minimum absolute atomic E-state index is 0.0131. The number of nitrogens with one attached hydrogen (secondary N) is 1. The van der Waals surface area contributed by atoms with Gasteiger partial charge in [-0.15, -0.1) is 0 Å². The zero-order valence-corrected chi connectivity index (χ0v) is 17.0. The molecule has 0 aromatic carbocycles. The van der Waals surface area contributed by atoms with E-state index in [-0.39, 0.29) is 29.6 Å². The Morgan fingerprint density at radius 3 is 2.56 bits per heavy atom. The van der Waals surface area contributed by atoms with Crippen LogP contribution in [-0.4, -0.2) is 71.2 Å².